The number of primary amides is 1. The van der Waals surface area contributed by atoms with Gasteiger partial charge >= 0.3 is 0 Å². The van der Waals surface area contributed by atoms with E-state index in [0.717, 1.165) is 18.4 Å². The molecule has 2 rings (SSSR count). The van der Waals surface area contributed by atoms with Crippen LogP contribution in [0.2, 0.25) is 0 Å². The Morgan fingerprint density at radius 3 is 2.44 bits per heavy atom. The fraction of sp³-hybridized carbons (Fsp3) is 0.385. The van der Waals surface area contributed by atoms with E-state index in [1.807, 2.05) is 30.3 Å². The minimum absolute atomic E-state index is 0.136. The molecule has 0 aliphatic heterocycles. The second kappa shape index (κ2) is 4.78. The molecule has 2 amide bonds. The van der Waals surface area contributed by atoms with Gasteiger partial charge in [0.2, 0.25) is 11.8 Å². The van der Waals surface area contributed by atoms with Crippen molar-refractivity contribution in [3.63, 3.8) is 0 Å². The molecule has 1 aromatic carbocycles. The van der Waals surface area contributed by atoms with Crippen molar-refractivity contribution in [1.29, 1.82) is 0 Å². The van der Waals surface area contributed by atoms with Crippen LogP contribution in [0, 0.1) is 0 Å². The number of nitrogens with one attached hydrogen (secondary N) is 1. The molecule has 96 valence electrons. The van der Waals surface area contributed by atoms with Crippen LogP contribution in [0.4, 0.5) is 0 Å². The van der Waals surface area contributed by atoms with Crippen LogP contribution in [0.3, 0.4) is 0 Å². The van der Waals surface area contributed by atoms with Crippen LogP contribution in [0.1, 0.15) is 18.4 Å². The van der Waals surface area contributed by atoms with Gasteiger partial charge in [-0.2, -0.15) is 0 Å². The van der Waals surface area contributed by atoms with Crippen molar-refractivity contribution in [2.24, 2.45) is 5.73 Å². The summed E-state index contributed by atoms with van der Waals surface area (Å²) in [5, 5.41) is 11.8. The van der Waals surface area contributed by atoms with Crippen LogP contribution in [-0.2, 0) is 15.0 Å². The van der Waals surface area contributed by atoms with Crippen molar-refractivity contribution in [2.45, 2.75) is 24.4 Å². The van der Waals surface area contributed by atoms with Gasteiger partial charge in [0.05, 0.1) is 12.0 Å². The summed E-state index contributed by atoms with van der Waals surface area (Å²) < 4.78 is 0. The van der Waals surface area contributed by atoms with Gasteiger partial charge in [-0.05, 0) is 18.4 Å². The number of hydrogen-bond donors (Lipinski definition) is 3. The van der Waals surface area contributed by atoms with Gasteiger partial charge < -0.3 is 16.2 Å². The first-order chi connectivity index (χ1) is 8.56. The van der Waals surface area contributed by atoms with Gasteiger partial charge in [0.15, 0.2) is 0 Å². The molecule has 5 nitrogen and oxygen atoms in total. The molecule has 0 radical (unpaired) electrons. The number of amides is 2. The van der Waals surface area contributed by atoms with Crippen molar-refractivity contribution in [3.05, 3.63) is 35.9 Å². The second-order valence-electron chi connectivity index (χ2n) is 4.58. The number of benzene rings is 1. The van der Waals surface area contributed by atoms with E-state index in [1.54, 1.807) is 0 Å². The van der Waals surface area contributed by atoms with Gasteiger partial charge in [-0.25, -0.2) is 0 Å². The Morgan fingerprint density at radius 2 is 1.94 bits per heavy atom. The van der Waals surface area contributed by atoms with Crippen LogP contribution in [0.5, 0.6) is 0 Å². The van der Waals surface area contributed by atoms with E-state index < -0.39 is 17.4 Å². The lowest BCUT2D eigenvalue weighted by Gasteiger charge is -2.16. The minimum Gasteiger partial charge on any atom is -0.381 e. The Kier molecular flexibility index (Phi) is 3.34. The number of aliphatic hydroxyl groups is 1. The zero-order valence-corrected chi connectivity index (χ0v) is 9.93. The smallest absolute Gasteiger partial charge is 0.248 e. The normalized spacial score (nSPS) is 17.8. The summed E-state index contributed by atoms with van der Waals surface area (Å²) in [5.41, 5.74) is 5.40. The third-order valence-corrected chi connectivity index (χ3v) is 3.30. The maximum Gasteiger partial charge on any atom is 0.248 e. The van der Waals surface area contributed by atoms with E-state index in [0.29, 0.717) is 0 Å². The molecule has 0 bridgehead atoms. The summed E-state index contributed by atoms with van der Waals surface area (Å²) in [6, 6.07) is 9.50. The molecule has 5 heteroatoms. The molecule has 1 aromatic rings. The van der Waals surface area contributed by atoms with Gasteiger partial charge in [-0.3, -0.25) is 9.59 Å². The van der Waals surface area contributed by atoms with Crippen LogP contribution in [0.25, 0.3) is 0 Å². The van der Waals surface area contributed by atoms with Gasteiger partial charge in [0.25, 0.3) is 0 Å². The lowest BCUT2D eigenvalue weighted by Crippen LogP contribution is -2.43. The first-order valence-electron chi connectivity index (χ1n) is 5.87. The van der Waals surface area contributed by atoms with E-state index in [4.69, 9.17) is 5.73 Å². The Balaban J connectivity index is 2.00. The molecule has 0 aromatic heterocycles. The van der Waals surface area contributed by atoms with E-state index in [1.165, 1.54) is 0 Å². The molecule has 0 spiro atoms. The lowest BCUT2D eigenvalue weighted by atomic mass is 9.95. The molecule has 18 heavy (non-hydrogen) atoms. The molecule has 1 aliphatic carbocycles. The largest absolute Gasteiger partial charge is 0.381 e. The summed E-state index contributed by atoms with van der Waals surface area (Å²) in [6.07, 6.45) is 0.242. The first kappa shape index (κ1) is 12.6. The average molecular weight is 248 g/mol. The maximum absolute atomic E-state index is 12.1. The van der Waals surface area contributed by atoms with Gasteiger partial charge in [0, 0.05) is 0 Å². The Morgan fingerprint density at radius 1 is 1.33 bits per heavy atom. The number of rotatable bonds is 5. The highest BCUT2D eigenvalue weighted by molar-refractivity contribution is 5.91. The highest BCUT2D eigenvalue weighted by atomic mass is 16.3. The maximum atomic E-state index is 12.1. The molecular weight excluding hydrogens is 232 g/mol. The standard InChI is InChI=1S/C13H16N2O3/c14-11(17)10(16)8-15-12(18)13(6-7-13)9-4-2-1-3-5-9/h1-5,10,16H,6-8H2,(H2,14,17)(H,15,18). The monoisotopic (exact) mass is 248 g/mol. The highest BCUT2D eigenvalue weighted by Gasteiger charge is 2.51. The summed E-state index contributed by atoms with van der Waals surface area (Å²) in [7, 11) is 0. The molecule has 1 fully saturated rings. The molecule has 1 unspecified atom stereocenters. The van der Waals surface area contributed by atoms with E-state index in [-0.39, 0.29) is 12.5 Å². The van der Waals surface area contributed by atoms with E-state index in [9.17, 15) is 14.7 Å². The molecule has 1 atom stereocenters. The summed E-state index contributed by atoms with van der Waals surface area (Å²) >= 11 is 0. The number of carbonyl (C=O) groups excluding carboxylic acids is 2. The number of aliphatic hydroxyl groups excluding tert-OH is 1. The zero-order valence-electron chi connectivity index (χ0n) is 9.93. The van der Waals surface area contributed by atoms with Crippen LogP contribution in [-0.4, -0.2) is 29.6 Å². The van der Waals surface area contributed by atoms with E-state index in [2.05, 4.69) is 5.32 Å². The van der Waals surface area contributed by atoms with E-state index >= 15 is 0 Å². The molecule has 1 aliphatic rings. The molecular formula is C13H16N2O3. The van der Waals surface area contributed by atoms with Crippen molar-refractivity contribution in [1.82, 2.24) is 5.32 Å². The molecule has 4 N–H and O–H groups in total. The predicted octanol–water partition coefficient (Wildman–Crippen LogP) is -0.319. The van der Waals surface area contributed by atoms with Crippen LogP contribution < -0.4 is 11.1 Å². The molecule has 0 heterocycles. The van der Waals surface area contributed by atoms with Crippen LogP contribution >= 0.6 is 0 Å². The summed E-state index contributed by atoms with van der Waals surface area (Å²) in [4.78, 5) is 22.7. The molecule has 1 saturated carbocycles. The third kappa shape index (κ3) is 2.36. The first-order valence-corrected chi connectivity index (χ1v) is 5.87. The molecule has 0 saturated heterocycles. The zero-order chi connectivity index (χ0) is 13.2. The SMILES string of the molecule is NC(=O)C(O)CNC(=O)C1(c2ccccc2)CC1. The second-order valence-corrected chi connectivity index (χ2v) is 4.58. The Bertz CT molecular complexity index is 455. The summed E-state index contributed by atoms with van der Waals surface area (Å²) in [6.45, 7) is -0.136. The fourth-order valence-corrected chi connectivity index (χ4v) is 1.99. The number of nitrogens with two attached hydrogens (primary N) is 1. The number of hydrogen-bond acceptors (Lipinski definition) is 3. The van der Waals surface area contributed by atoms with Crippen LogP contribution in [0.15, 0.2) is 30.3 Å². The Hall–Kier alpha value is -1.88. The van der Waals surface area contributed by atoms with Gasteiger partial charge in [-0.15, -0.1) is 0 Å². The quantitative estimate of drug-likeness (QED) is 0.666. The lowest BCUT2D eigenvalue weighted by molar-refractivity contribution is -0.127. The average Bonchev–Trinajstić information content (AvgIpc) is 3.18. The Labute approximate surface area is 105 Å². The highest BCUT2D eigenvalue weighted by Crippen LogP contribution is 2.48. The van der Waals surface area contributed by atoms with Crippen molar-refractivity contribution >= 4 is 11.8 Å². The van der Waals surface area contributed by atoms with Crippen molar-refractivity contribution in [2.75, 3.05) is 6.54 Å². The third-order valence-electron chi connectivity index (χ3n) is 3.30. The fourth-order valence-electron chi connectivity index (χ4n) is 1.99. The predicted molar refractivity (Wildman–Crippen MR) is 65.6 cm³/mol. The van der Waals surface area contributed by atoms with Gasteiger partial charge in [-0.1, -0.05) is 30.3 Å². The minimum atomic E-state index is -1.33. The summed E-state index contributed by atoms with van der Waals surface area (Å²) in [5.74, 6) is -0.992. The van der Waals surface area contributed by atoms with Gasteiger partial charge in [0.1, 0.15) is 6.10 Å². The van der Waals surface area contributed by atoms with Crippen molar-refractivity contribution < 1.29 is 14.7 Å². The topological polar surface area (TPSA) is 92.4 Å². The van der Waals surface area contributed by atoms with Crippen molar-refractivity contribution in [3.8, 4) is 0 Å². The number of carbonyl (C=O) groups is 2.